The van der Waals surface area contributed by atoms with Crippen LogP contribution in [0.4, 0.5) is 32.0 Å². The van der Waals surface area contributed by atoms with Crippen LogP contribution in [0.2, 0.25) is 0 Å². The number of halogens is 6. The third kappa shape index (κ3) is 4.77. The summed E-state index contributed by atoms with van der Waals surface area (Å²) in [6.45, 7) is 0. The van der Waals surface area contributed by atoms with Gasteiger partial charge in [0, 0.05) is 12.1 Å². The highest BCUT2D eigenvalue weighted by molar-refractivity contribution is 6.04. The van der Waals surface area contributed by atoms with E-state index in [1.54, 1.807) is 0 Å². The first-order valence-corrected chi connectivity index (χ1v) is 8.35. The van der Waals surface area contributed by atoms with Crippen LogP contribution < -0.4 is 5.32 Å². The molecular formula is C21H13F6NO. The van der Waals surface area contributed by atoms with Gasteiger partial charge in [0.2, 0.25) is 0 Å². The standard InChI is InChI=1S/C21H13F6NO/c22-14-6-8-17(21(25,26)27)13(10-14)9-12-5-7-15(11-19(12)24)28-20(29)16-3-1-2-4-18(16)23/h1-8,10-11H,9H2,(H,28,29). The summed E-state index contributed by atoms with van der Waals surface area (Å²) < 4.78 is 80.7. The van der Waals surface area contributed by atoms with Crippen LogP contribution in [0.1, 0.15) is 27.0 Å². The number of amides is 1. The van der Waals surface area contributed by atoms with E-state index in [1.807, 2.05) is 0 Å². The molecule has 0 aliphatic heterocycles. The summed E-state index contributed by atoms with van der Waals surface area (Å²) in [6, 6.07) is 10.5. The van der Waals surface area contributed by atoms with Crippen LogP contribution in [-0.2, 0) is 12.6 Å². The van der Waals surface area contributed by atoms with Crippen molar-refractivity contribution < 1.29 is 31.1 Å². The van der Waals surface area contributed by atoms with Gasteiger partial charge in [0.1, 0.15) is 17.5 Å². The number of hydrogen-bond acceptors (Lipinski definition) is 1. The van der Waals surface area contributed by atoms with Crippen molar-refractivity contribution in [1.29, 1.82) is 0 Å². The lowest BCUT2D eigenvalue weighted by molar-refractivity contribution is -0.138. The van der Waals surface area contributed by atoms with Gasteiger partial charge in [-0.2, -0.15) is 13.2 Å². The van der Waals surface area contributed by atoms with Crippen LogP contribution in [0.3, 0.4) is 0 Å². The Morgan fingerprint density at radius 1 is 0.828 bits per heavy atom. The van der Waals surface area contributed by atoms with E-state index in [0.717, 1.165) is 12.1 Å². The smallest absolute Gasteiger partial charge is 0.322 e. The lowest BCUT2D eigenvalue weighted by Gasteiger charge is -2.14. The first-order valence-electron chi connectivity index (χ1n) is 8.35. The molecule has 0 radical (unpaired) electrons. The van der Waals surface area contributed by atoms with Crippen molar-refractivity contribution in [1.82, 2.24) is 0 Å². The SMILES string of the molecule is O=C(Nc1ccc(Cc2cc(F)ccc2C(F)(F)F)c(F)c1)c1ccccc1F. The minimum Gasteiger partial charge on any atom is -0.322 e. The summed E-state index contributed by atoms with van der Waals surface area (Å²) in [7, 11) is 0. The lowest BCUT2D eigenvalue weighted by atomic mass is 9.98. The topological polar surface area (TPSA) is 29.1 Å². The van der Waals surface area contributed by atoms with E-state index < -0.39 is 47.1 Å². The quantitative estimate of drug-likeness (QED) is 0.529. The summed E-state index contributed by atoms with van der Waals surface area (Å²) in [6.07, 6.45) is -5.22. The van der Waals surface area contributed by atoms with Crippen molar-refractivity contribution in [3.63, 3.8) is 0 Å². The summed E-state index contributed by atoms with van der Waals surface area (Å²) in [5, 5.41) is 2.32. The molecule has 0 atom stereocenters. The molecule has 8 heteroatoms. The second kappa shape index (κ2) is 7.98. The normalized spacial score (nSPS) is 11.4. The molecule has 0 saturated carbocycles. The number of anilines is 1. The van der Waals surface area contributed by atoms with E-state index in [9.17, 15) is 31.1 Å². The van der Waals surface area contributed by atoms with Crippen LogP contribution in [-0.4, -0.2) is 5.91 Å². The van der Waals surface area contributed by atoms with Crippen LogP contribution in [0.5, 0.6) is 0 Å². The number of carbonyl (C=O) groups is 1. The average molecular weight is 409 g/mol. The Balaban J connectivity index is 1.83. The Hall–Kier alpha value is -3.29. The Morgan fingerprint density at radius 2 is 1.55 bits per heavy atom. The predicted octanol–water partition coefficient (Wildman–Crippen LogP) is 5.97. The van der Waals surface area contributed by atoms with Gasteiger partial charge in [-0.15, -0.1) is 0 Å². The molecule has 3 aromatic carbocycles. The zero-order valence-corrected chi connectivity index (χ0v) is 14.7. The molecule has 0 aliphatic carbocycles. The molecule has 0 spiro atoms. The number of nitrogens with one attached hydrogen (secondary N) is 1. The van der Waals surface area contributed by atoms with Gasteiger partial charge in [-0.1, -0.05) is 18.2 Å². The second-order valence-corrected chi connectivity index (χ2v) is 6.22. The molecular weight excluding hydrogens is 396 g/mol. The van der Waals surface area contributed by atoms with Gasteiger partial charge in [-0.3, -0.25) is 4.79 Å². The minimum atomic E-state index is -4.72. The second-order valence-electron chi connectivity index (χ2n) is 6.22. The lowest BCUT2D eigenvalue weighted by Crippen LogP contribution is -2.14. The van der Waals surface area contributed by atoms with Crippen molar-refractivity contribution in [3.8, 4) is 0 Å². The fourth-order valence-corrected chi connectivity index (χ4v) is 2.80. The van der Waals surface area contributed by atoms with Crippen LogP contribution in [0, 0.1) is 17.5 Å². The van der Waals surface area contributed by atoms with Crippen molar-refractivity contribution >= 4 is 11.6 Å². The van der Waals surface area contributed by atoms with Gasteiger partial charge in [0.05, 0.1) is 11.1 Å². The summed E-state index contributed by atoms with van der Waals surface area (Å²) >= 11 is 0. The molecule has 0 aliphatic rings. The largest absolute Gasteiger partial charge is 0.416 e. The van der Waals surface area contributed by atoms with Crippen molar-refractivity contribution in [2.75, 3.05) is 5.32 Å². The summed E-state index contributed by atoms with van der Waals surface area (Å²) in [5.74, 6) is -3.33. The van der Waals surface area contributed by atoms with Gasteiger partial charge < -0.3 is 5.32 Å². The van der Waals surface area contributed by atoms with E-state index in [-0.39, 0.29) is 16.8 Å². The molecule has 0 fully saturated rings. The van der Waals surface area contributed by atoms with Crippen LogP contribution in [0.15, 0.2) is 60.7 Å². The highest BCUT2D eigenvalue weighted by Crippen LogP contribution is 2.33. The zero-order chi connectivity index (χ0) is 21.2. The number of rotatable bonds is 4. The highest BCUT2D eigenvalue weighted by Gasteiger charge is 2.33. The van der Waals surface area contributed by atoms with Gasteiger partial charge in [0.15, 0.2) is 0 Å². The van der Waals surface area contributed by atoms with E-state index >= 15 is 0 Å². The van der Waals surface area contributed by atoms with Crippen LogP contribution >= 0.6 is 0 Å². The molecule has 0 heterocycles. The van der Waals surface area contributed by atoms with Gasteiger partial charge >= 0.3 is 6.18 Å². The molecule has 0 bridgehead atoms. The molecule has 3 aromatic rings. The Morgan fingerprint density at radius 3 is 2.21 bits per heavy atom. The summed E-state index contributed by atoms with van der Waals surface area (Å²) in [4.78, 5) is 12.1. The van der Waals surface area contributed by atoms with Crippen molar-refractivity contribution in [3.05, 3.63) is 100 Å². The van der Waals surface area contributed by atoms with Crippen molar-refractivity contribution in [2.45, 2.75) is 12.6 Å². The molecule has 150 valence electrons. The third-order valence-corrected chi connectivity index (χ3v) is 4.18. The Labute approximate surface area is 161 Å². The fraction of sp³-hybridized carbons (Fsp3) is 0.0952. The monoisotopic (exact) mass is 409 g/mol. The van der Waals surface area contributed by atoms with Gasteiger partial charge in [-0.05, 0) is 53.6 Å². The van der Waals surface area contributed by atoms with Crippen LogP contribution in [0.25, 0.3) is 0 Å². The number of hydrogen-bond donors (Lipinski definition) is 1. The maximum Gasteiger partial charge on any atom is 0.416 e. The Bertz CT molecular complexity index is 1060. The van der Waals surface area contributed by atoms with Gasteiger partial charge in [0.25, 0.3) is 5.91 Å². The maximum absolute atomic E-state index is 14.4. The highest BCUT2D eigenvalue weighted by atomic mass is 19.4. The minimum absolute atomic E-state index is 0.00482. The zero-order valence-electron chi connectivity index (χ0n) is 14.7. The van der Waals surface area contributed by atoms with E-state index in [4.69, 9.17) is 0 Å². The Kier molecular flexibility index (Phi) is 5.63. The maximum atomic E-state index is 14.4. The summed E-state index contributed by atoms with van der Waals surface area (Å²) in [5.41, 5.74) is -1.85. The van der Waals surface area contributed by atoms with E-state index in [0.29, 0.717) is 18.2 Å². The molecule has 0 unspecified atom stereocenters. The van der Waals surface area contributed by atoms with E-state index in [1.165, 1.54) is 30.3 Å². The fourth-order valence-electron chi connectivity index (χ4n) is 2.80. The van der Waals surface area contributed by atoms with E-state index in [2.05, 4.69) is 5.32 Å². The first-order chi connectivity index (χ1) is 13.6. The first kappa shape index (κ1) is 20.4. The predicted molar refractivity (Wildman–Crippen MR) is 95.0 cm³/mol. The molecule has 1 N–H and O–H groups in total. The third-order valence-electron chi connectivity index (χ3n) is 4.18. The number of alkyl halides is 3. The molecule has 3 rings (SSSR count). The number of carbonyl (C=O) groups excluding carboxylic acids is 1. The molecule has 0 aromatic heterocycles. The molecule has 1 amide bonds. The van der Waals surface area contributed by atoms with Gasteiger partial charge in [-0.25, -0.2) is 13.2 Å². The molecule has 2 nitrogen and oxygen atoms in total. The number of benzene rings is 3. The average Bonchev–Trinajstić information content (AvgIpc) is 2.63. The molecule has 29 heavy (non-hydrogen) atoms. The van der Waals surface area contributed by atoms with Crippen molar-refractivity contribution in [2.24, 2.45) is 0 Å². The molecule has 0 saturated heterocycles.